The van der Waals surface area contributed by atoms with Crippen molar-refractivity contribution in [2.45, 2.75) is 57.9 Å². The number of allylic oxidation sites excluding steroid dienone is 2. The molecule has 0 aliphatic heterocycles. The largest absolute Gasteiger partial charge is 0.508 e. The first-order valence-electron chi connectivity index (χ1n) is 10.8. The van der Waals surface area contributed by atoms with Crippen LogP contribution in [0.5, 0.6) is 5.75 Å². The molecule has 160 valence electrons. The van der Waals surface area contributed by atoms with Crippen molar-refractivity contribution in [3.63, 3.8) is 0 Å². The number of carbonyl (C=O) groups is 2. The highest BCUT2D eigenvalue weighted by Gasteiger charge is 2.47. The minimum Gasteiger partial charge on any atom is -0.508 e. The lowest BCUT2D eigenvalue weighted by atomic mass is 9.80. The number of aromatic hydroxyl groups is 1. The molecule has 0 saturated heterocycles. The van der Waals surface area contributed by atoms with E-state index in [0.29, 0.717) is 29.7 Å². The van der Waals surface area contributed by atoms with Gasteiger partial charge in [0, 0.05) is 27.9 Å². The molecule has 2 aliphatic rings. The van der Waals surface area contributed by atoms with E-state index in [2.05, 4.69) is 18.3 Å². The monoisotopic (exact) mass is 427 g/mol. The van der Waals surface area contributed by atoms with Crippen molar-refractivity contribution >= 4 is 33.3 Å². The SMILES string of the molecule is C/C(=C/CCCC(=O)O)C[C@@H]1C(NC(=O)c2csc3ccc(O)cc23)[C@@H]2CC[C@H]1C2. The Morgan fingerprint density at radius 3 is 2.87 bits per heavy atom. The summed E-state index contributed by atoms with van der Waals surface area (Å²) in [4.78, 5) is 23.8. The van der Waals surface area contributed by atoms with Gasteiger partial charge in [0.2, 0.25) is 0 Å². The molecular formula is C24H29NO4S. The first-order valence-corrected chi connectivity index (χ1v) is 11.7. The topological polar surface area (TPSA) is 86.6 Å². The molecule has 5 nitrogen and oxygen atoms in total. The Morgan fingerprint density at radius 1 is 1.27 bits per heavy atom. The van der Waals surface area contributed by atoms with Gasteiger partial charge in [0.1, 0.15) is 5.75 Å². The van der Waals surface area contributed by atoms with E-state index in [9.17, 15) is 14.7 Å². The van der Waals surface area contributed by atoms with Crippen molar-refractivity contribution in [2.24, 2.45) is 17.8 Å². The minimum absolute atomic E-state index is 0.0440. The van der Waals surface area contributed by atoms with Crippen LogP contribution in [0.3, 0.4) is 0 Å². The molecule has 6 heteroatoms. The summed E-state index contributed by atoms with van der Waals surface area (Å²) in [7, 11) is 0. The molecule has 1 aromatic heterocycles. The van der Waals surface area contributed by atoms with Crippen LogP contribution in [-0.2, 0) is 4.79 Å². The van der Waals surface area contributed by atoms with Crippen molar-refractivity contribution in [2.75, 3.05) is 0 Å². The lowest BCUT2D eigenvalue weighted by Crippen LogP contribution is -2.44. The average molecular weight is 428 g/mol. The maximum Gasteiger partial charge on any atom is 0.303 e. The van der Waals surface area contributed by atoms with Crippen molar-refractivity contribution < 1.29 is 19.8 Å². The maximum atomic E-state index is 13.1. The van der Waals surface area contributed by atoms with Crippen molar-refractivity contribution in [3.05, 3.63) is 40.8 Å². The molecule has 1 unspecified atom stereocenters. The lowest BCUT2D eigenvalue weighted by molar-refractivity contribution is -0.137. The molecule has 1 amide bonds. The summed E-state index contributed by atoms with van der Waals surface area (Å²) < 4.78 is 1.00. The van der Waals surface area contributed by atoms with E-state index < -0.39 is 5.97 Å². The standard InChI is InChI=1S/C24H29NO4S/c1-14(4-2-3-5-22(27)28)10-18-15-6-7-16(11-15)23(18)25-24(29)20-13-30-21-9-8-17(26)12-19(20)21/h4,8-9,12-13,15-16,18,23,26H,2-3,5-7,10-11H2,1H3,(H,25,29)(H,27,28)/b14-4-/t15-,16+,18-,23?/m0/s1. The number of carboxylic acid groups (broad SMARTS) is 1. The van der Waals surface area contributed by atoms with Crippen LogP contribution in [0.1, 0.15) is 62.2 Å². The molecule has 30 heavy (non-hydrogen) atoms. The number of thiophene rings is 1. The molecule has 4 atom stereocenters. The van der Waals surface area contributed by atoms with Crippen LogP contribution in [-0.4, -0.2) is 28.1 Å². The van der Waals surface area contributed by atoms with Crippen LogP contribution in [0, 0.1) is 17.8 Å². The predicted octanol–water partition coefficient (Wildman–Crippen LogP) is 5.34. The Kier molecular flexibility index (Phi) is 6.14. The Hall–Kier alpha value is -2.34. The number of aliphatic carboxylic acids is 1. The minimum atomic E-state index is -0.744. The molecule has 4 rings (SSSR count). The Balaban J connectivity index is 1.44. The fourth-order valence-corrected chi connectivity index (χ4v) is 6.33. The summed E-state index contributed by atoms with van der Waals surface area (Å²) in [6, 6.07) is 5.36. The fourth-order valence-electron chi connectivity index (χ4n) is 5.41. The number of benzene rings is 1. The molecule has 2 bridgehead atoms. The van der Waals surface area contributed by atoms with Crippen LogP contribution in [0.4, 0.5) is 0 Å². The van der Waals surface area contributed by atoms with Crippen LogP contribution >= 0.6 is 11.3 Å². The molecular weight excluding hydrogens is 398 g/mol. The summed E-state index contributed by atoms with van der Waals surface area (Å²) in [6.07, 6.45) is 8.41. The number of rotatable bonds is 8. The Labute approximate surface area is 180 Å². The number of nitrogens with one attached hydrogen (secondary N) is 1. The third-order valence-electron chi connectivity index (χ3n) is 6.83. The van der Waals surface area contributed by atoms with Gasteiger partial charge in [0.05, 0.1) is 5.56 Å². The van der Waals surface area contributed by atoms with Gasteiger partial charge in [-0.05, 0) is 81.4 Å². The quantitative estimate of drug-likeness (QED) is 0.392. The summed E-state index contributed by atoms with van der Waals surface area (Å²) in [5.41, 5.74) is 1.94. The number of unbranched alkanes of at least 4 members (excludes halogenated alkanes) is 1. The Bertz CT molecular complexity index is 979. The van der Waals surface area contributed by atoms with E-state index >= 15 is 0 Å². The third-order valence-corrected chi connectivity index (χ3v) is 7.80. The van der Waals surface area contributed by atoms with Gasteiger partial charge in [-0.3, -0.25) is 9.59 Å². The molecule has 3 N–H and O–H groups in total. The van der Waals surface area contributed by atoms with Gasteiger partial charge >= 0.3 is 5.97 Å². The first kappa shape index (κ1) is 20.9. The zero-order valence-corrected chi connectivity index (χ0v) is 18.1. The lowest BCUT2D eigenvalue weighted by Gasteiger charge is -2.32. The second-order valence-electron chi connectivity index (χ2n) is 8.87. The normalized spacial score (nSPS) is 25.7. The molecule has 0 spiro atoms. The van der Waals surface area contributed by atoms with Gasteiger partial charge in [0.15, 0.2) is 0 Å². The molecule has 2 aliphatic carbocycles. The number of amides is 1. The molecule has 2 saturated carbocycles. The van der Waals surface area contributed by atoms with E-state index in [1.165, 1.54) is 36.2 Å². The number of phenolic OH excluding ortho intramolecular Hbond substituents is 1. The van der Waals surface area contributed by atoms with E-state index in [1.54, 1.807) is 12.1 Å². The van der Waals surface area contributed by atoms with Crippen molar-refractivity contribution in [1.82, 2.24) is 5.32 Å². The van der Waals surface area contributed by atoms with Gasteiger partial charge in [-0.2, -0.15) is 0 Å². The Morgan fingerprint density at radius 2 is 2.07 bits per heavy atom. The molecule has 1 aromatic carbocycles. The van der Waals surface area contributed by atoms with Gasteiger partial charge in [-0.1, -0.05) is 11.6 Å². The fraction of sp³-hybridized carbons (Fsp3) is 0.500. The second kappa shape index (κ2) is 8.80. The molecule has 1 heterocycles. The van der Waals surface area contributed by atoms with Crippen LogP contribution in [0.15, 0.2) is 35.2 Å². The number of carbonyl (C=O) groups excluding carboxylic acids is 1. The molecule has 0 radical (unpaired) electrons. The van der Waals surface area contributed by atoms with E-state index in [-0.39, 0.29) is 24.1 Å². The number of hydrogen-bond acceptors (Lipinski definition) is 4. The van der Waals surface area contributed by atoms with E-state index in [0.717, 1.165) is 22.9 Å². The highest BCUT2D eigenvalue weighted by Crippen LogP contribution is 2.50. The van der Waals surface area contributed by atoms with Gasteiger partial charge in [0.25, 0.3) is 5.91 Å². The maximum absolute atomic E-state index is 13.1. The van der Waals surface area contributed by atoms with Gasteiger partial charge in [-0.25, -0.2) is 0 Å². The summed E-state index contributed by atoms with van der Waals surface area (Å²) in [5.74, 6) is 1.04. The van der Waals surface area contributed by atoms with E-state index in [4.69, 9.17) is 5.11 Å². The van der Waals surface area contributed by atoms with Gasteiger partial charge in [-0.15, -0.1) is 11.3 Å². The zero-order valence-electron chi connectivity index (χ0n) is 17.3. The zero-order chi connectivity index (χ0) is 21.3. The summed E-state index contributed by atoms with van der Waals surface area (Å²) in [5, 5.41) is 24.6. The molecule has 2 fully saturated rings. The van der Waals surface area contributed by atoms with Crippen molar-refractivity contribution in [3.8, 4) is 5.75 Å². The average Bonchev–Trinajstić information content (AvgIpc) is 3.40. The summed E-state index contributed by atoms with van der Waals surface area (Å²) in [6.45, 7) is 2.13. The van der Waals surface area contributed by atoms with Crippen molar-refractivity contribution in [1.29, 1.82) is 0 Å². The number of fused-ring (bicyclic) bond motifs is 3. The molecule has 2 aromatic rings. The predicted molar refractivity (Wildman–Crippen MR) is 119 cm³/mol. The third kappa shape index (κ3) is 4.38. The second-order valence-corrected chi connectivity index (χ2v) is 9.78. The summed E-state index contributed by atoms with van der Waals surface area (Å²) >= 11 is 1.53. The number of phenols is 1. The van der Waals surface area contributed by atoms with Gasteiger partial charge < -0.3 is 15.5 Å². The van der Waals surface area contributed by atoms with Crippen LogP contribution in [0.25, 0.3) is 10.1 Å². The number of hydrogen-bond donors (Lipinski definition) is 3. The van der Waals surface area contributed by atoms with Crippen LogP contribution in [0.2, 0.25) is 0 Å². The first-order chi connectivity index (χ1) is 14.4. The van der Waals surface area contributed by atoms with E-state index in [1.807, 2.05) is 11.4 Å². The smallest absolute Gasteiger partial charge is 0.303 e. The van der Waals surface area contributed by atoms with Crippen LogP contribution < -0.4 is 5.32 Å². The highest BCUT2D eigenvalue weighted by molar-refractivity contribution is 7.17. The highest BCUT2D eigenvalue weighted by atomic mass is 32.1. The number of carboxylic acids is 1.